The molecule has 0 radical (unpaired) electrons. The maximum Gasteiger partial charge on any atom is 0.246 e. The lowest BCUT2D eigenvalue weighted by Gasteiger charge is -2.26. The molecule has 2 heterocycles. The Kier molecular flexibility index (Phi) is 5.87. The summed E-state index contributed by atoms with van der Waals surface area (Å²) in [6.07, 6.45) is 0. The van der Waals surface area contributed by atoms with Crippen LogP contribution in [0.15, 0.2) is 23.1 Å². The number of morpholine rings is 1. The number of amides is 1. The van der Waals surface area contributed by atoms with E-state index in [-0.39, 0.29) is 17.3 Å². The molecule has 28 heavy (non-hydrogen) atoms. The Bertz CT molecular complexity index is 992. The fraction of sp³-hybridized carbons (Fsp3) is 0.474. The van der Waals surface area contributed by atoms with Gasteiger partial charge in [-0.15, -0.1) is 0 Å². The van der Waals surface area contributed by atoms with E-state index in [9.17, 15) is 13.2 Å². The summed E-state index contributed by atoms with van der Waals surface area (Å²) >= 11 is 0. The predicted molar refractivity (Wildman–Crippen MR) is 106 cm³/mol. The molecule has 1 aliphatic heterocycles. The van der Waals surface area contributed by atoms with E-state index >= 15 is 0 Å². The highest BCUT2D eigenvalue weighted by molar-refractivity contribution is 7.89. The molecule has 1 aromatic heterocycles. The largest absolute Gasteiger partial charge is 0.379 e. The first-order chi connectivity index (χ1) is 13.2. The highest BCUT2D eigenvalue weighted by atomic mass is 32.2. The first kappa shape index (κ1) is 20.5. The van der Waals surface area contributed by atoms with E-state index in [1.165, 1.54) is 8.99 Å². The van der Waals surface area contributed by atoms with Crippen molar-refractivity contribution in [2.45, 2.75) is 39.1 Å². The molecule has 2 aromatic rings. The smallest absolute Gasteiger partial charge is 0.246 e. The van der Waals surface area contributed by atoms with Gasteiger partial charge in [-0.1, -0.05) is 12.1 Å². The van der Waals surface area contributed by atoms with Gasteiger partial charge in [0.1, 0.15) is 11.4 Å². The Morgan fingerprint density at radius 3 is 2.54 bits per heavy atom. The zero-order valence-electron chi connectivity index (χ0n) is 16.7. The van der Waals surface area contributed by atoms with Crippen LogP contribution < -0.4 is 5.32 Å². The molecule has 0 atom stereocenters. The number of hydrogen-bond donors (Lipinski definition) is 1. The number of benzene rings is 1. The molecule has 0 bridgehead atoms. The van der Waals surface area contributed by atoms with Crippen LogP contribution in [0.25, 0.3) is 0 Å². The fourth-order valence-electron chi connectivity index (χ4n) is 3.32. The van der Waals surface area contributed by atoms with Crippen molar-refractivity contribution < 1.29 is 17.9 Å². The van der Waals surface area contributed by atoms with Crippen molar-refractivity contribution in [2.24, 2.45) is 0 Å². The van der Waals surface area contributed by atoms with Crippen molar-refractivity contribution >= 4 is 21.6 Å². The lowest BCUT2D eigenvalue weighted by molar-refractivity contribution is -0.116. The molecule has 1 amide bonds. The highest BCUT2D eigenvalue weighted by Gasteiger charge is 2.32. The summed E-state index contributed by atoms with van der Waals surface area (Å²) in [4.78, 5) is 12.7. The van der Waals surface area contributed by atoms with E-state index in [1.807, 2.05) is 32.0 Å². The topological polar surface area (TPSA) is 93.5 Å². The molecule has 9 heteroatoms. The maximum atomic E-state index is 13.0. The Morgan fingerprint density at radius 2 is 1.86 bits per heavy atom. The molecule has 0 aliphatic carbocycles. The molecule has 3 rings (SSSR count). The van der Waals surface area contributed by atoms with E-state index in [4.69, 9.17) is 4.74 Å². The van der Waals surface area contributed by atoms with Crippen molar-refractivity contribution in [3.8, 4) is 0 Å². The molecule has 1 aromatic carbocycles. The van der Waals surface area contributed by atoms with E-state index in [0.29, 0.717) is 37.7 Å². The highest BCUT2D eigenvalue weighted by Crippen LogP contribution is 2.24. The van der Waals surface area contributed by atoms with Crippen LogP contribution in [0.3, 0.4) is 0 Å². The van der Waals surface area contributed by atoms with Crippen LogP contribution in [-0.2, 0) is 26.1 Å². The lowest BCUT2D eigenvalue weighted by Crippen LogP contribution is -2.41. The lowest BCUT2D eigenvalue weighted by atomic mass is 10.1. The number of sulfonamides is 1. The molecule has 152 valence electrons. The Balaban J connectivity index is 1.81. The van der Waals surface area contributed by atoms with E-state index in [1.54, 1.807) is 13.8 Å². The number of carbonyl (C=O) groups is 1. The third-order valence-corrected chi connectivity index (χ3v) is 7.00. The molecule has 0 saturated carbocycles. The van der Waals surface area contributed by atoms with Gasteiger partial charge in [-0.25, -0.2) is 8.42 Å². The van der Waals surface area contributed by atoms with Crippen LogP contribution in [0.4, 0.5) is 5.69 Å². The molecule has 8 nitrogen and oxygen atoms in total. The van der Waals surface area contributed by atoms with Gasteiger partial charge in [0.15, 0.2) is 0 Å². The Hall–Kier alpha value is -2.23. The normalized spacial score (nSPS) is 15.6. The first-order valence-corrected chi connectivity index (χ1v) is 10.6. The predicted octanol–water partition coefficient (Wildman–Crippen LogP) is 1.78. The second-order valence-corrected chi connectivity index (χ2v) is 8.92. The number of carbonyl (C=O) groups excluding carboxylic acids is 1. The van der Waals surface area contributed by atoms with Crippen molar-refractivity contribution in [1.82, 2.24) is 14.1 Å². The monoisotopic (exact) mass is 406 g/mol. The van der Waals surface area contributed by atoms with E-state index in [0.717, 1.165) is 16.8 Å². The third-order valence-electron chi connectivity index (χ3n) is 4.84. The van der Waals surface area contributed by atoms with Gasteiger partial charge in [-0.3, -0.25) is 9.48 Å². The second-order valence-electron chi connectivity index (χ2n) is 7.04. The summed E-state index contributed by atoms with van der Waals surface area (Å²) in [6, 6.07) is 5.83. The molecule has 1 saturated heterocycles. The van der Waals surface area contributed by atoms with Crippen LogP contribution >= 0.6 is 0 Å². The van der Waals surface area contributed by atoms with Gasteiger partial charge in [0.25, 0.3) is 0 Å². The van der Waals surface area contributed by atoms with Gasteiger partial charge < -0.3 is 10.1 Å². The number of nitrogens with one attached hydrogen (secondary N) is 1. The number of ether oxygens (including phenoxy) is 1. The van der Waals surface area contributed by atoms with Crippen LogP contribution in [0.1, 0.15) is 22.5 Å². The van der Waals surface area contributed by atoms with Gasteiger partial charge >= 0.3 is 0 Å². The summed E-state index contributed by atoms with van der Waals surface area (Å²) in [5, 5.41) is 7.19. The average molecular weight is 407 g/mol. The molecule has 0 spiro atoms. The minimum atomic E-state index is -3.67. The third kappa shape index (κ3) is 4.11. The van der Waals surface area contributed by atoms with E-state index in [2.05, 4.69) is 10.4 Å². The summed E-state index contributed by atoms with van der Waals surface area (Å²) in [7, 11) is -3.67. The zero-order chi connectivity index (χ0) is 20.5. The number of anilines is 1. The SMILES string of the molecule is Cc1ccc(C)c(NC(=O)Cn2nc(C)c(S(=O)(=O)N3CCOCC3)c2C)c1. The molecule has 1 N–H and O–H groups in total. The molecule has 1 aliphatic rings. The molecule has 1 fully saturated rings. The number of rotatable bonds is 5. The minimum Gasteiger partial charge on any atom is -0.379 e. The number of nitrogens with zero attached hydrogens (tertiary/aromatic N) is 3. The summed E-state index contributed by atoms with van der Waals surface area (Å²) in [5.41, 5.74) is 3.60. The second kappa shape index (κ2) is 8.02. The maximum absolute atomic E-state index is 13.0. The zero-order valence-corrected chi connectivity index (χ0v) is 17.5. The number of aryl methyl sites for hydroxylation is 3. The Labute approximate surface area is 165 Å². The number of aromatic nitrogens is 2. The minimum absolute atomic E-state index is 0.0569. The Morgan fingerprint density at radius 1 is 1.18 bits per heavy atom. The standard InChI is InChI=1S/C19H26N4O4S/c1-13-5-6-14(2)17(11-13)20-18(24)12-23-16(4)19(15(3)21-23)28(25,26)22-7-9-27-10-8-22/h5-6,11H,7-10,12H2,1-4H3,(H,20,24). The molecular formula is C19H26N4O4S. The van der Waals surface area contributed by atoms with Gasteiger partial charge in [-0.05, 0) is 44.9 Å². The average Bonchev–Trinajstić information content (AvgIpc) is 2.92. The quantitative estimate of drug-likeness (QED) is 0.817. The van der Waals surface area contributed by atoms with Gasteiger partial charge in [0.2, 0.25) is 15.9 Å². The summed E-state index contributed by atoms with van der Waals surface area (Å²) in [6.45, 7) is 8.55. The molecule has 0 unspecified atom stereocenters. The summed E-state index contributed by atoms with van der Waals surface area (Å²) in [5.74, 6) is -0.255. The van der Waals surface area contributed by atoms with Gasteiger partial charge in [0, 0.05) is 18.8 Å². The van der Waals surface area contributed by atoms with Crippen molar-refractivity contribution in [2.75, 3.05) is 31.6 Å². The van der Waals surface area contributed by atoms with Crippen LogP contribution in [0.2, 0.25) is 0 Å². The fourth-order valence-corrected chi connectivity index (χ4v) is 5.10. The van der Waals surface area contributed by atoms with Crippen molar-refractivity contribution in [3.05, 3.63) is 40.7 Å². The van der Waals surface area contributed by atoms with Gasteiger partial charge in [-0.2, -0.15) is 9.40 Å². The van der Waals surface area contributed by atoms with Crippen molar-refractivity contribution in [1.29, 1.82) is 0 Å². The van der Waals surface area contributed by atoms with Crippen LogP contribution in [0.5, 0.6) is 0 Å². The van der Waals surface area contributed by atoms with E-state index < -0.39 is 10.0 Å². The summed E-state index contributed by atoms with van der Waals surface area (Å²) < 4.78 is 34.1. The first-order valence-electron chi connectivity index (χ1n) is 9.19. The van der Waals surface area contributed by atoms with Gasteiger partial charge in [0.05, 0.1) is 24.6 Å². The number of hydrogen-bond acceptors (Lipinski definition) is 5. The van der Waals surface area contributed by atoms with Crippen molar-refractivity contribution in [3.63, 3.8) is 0 Å². The molecular weight excluding hydrogens is 380 g/mol. The van der Waals surface area contributed by atoms with Crippen LogP contribution in [-0.4, -0.2) is 54.7 Å². The van der Waals surface area contributed by atoms with Crippen LogP contribution in [0, 0.1) is 27.7 Å².